The van der Waals surface area contributed by atoms with Gasteiger partial charge in [0.2, 0.25) is 0 Å². The Bertz CT molecular complexity index is 1070. The van der Waals surface area contributed by atoms with Gasteiger partial charge in [0.25, 0.3) is 0 Å². The number of rotatable bonds is 4. The molecule has 0 amide bonds. The number of tetrazole rings is 1. The third kappa shape index (κ3) is 4.10. The Balaban J connectivity index is 1.55. The fourth-order valence-electron chi connectivity index (χ4n) is 3.23. The van der Waals surface area contributed by atoms with E-state index in [2.05, 4.69) is 26.6 Å². The topological polar surface area (TPSA) is 80.3 Å². The molecule has 0 atom stereocenters. The SMILES string of the molecule is N#Cc1cc2c(nc1SCc1nnnn1-c1ccc(C(F)(F)F)cc1)CCCC2. The minimum absolute atomic E-state index is 0.328. The van der Waals surface area contributed by atoms with Gasteiger partial charge in [0.15, 0.2) is 5.82 Å². The lowest BCUT2D eigenvalue weighted by atomic mass is 9.95. The predicted octanol–water partition coefficient (Wildman–Crippen LogP) is 4.12. The summed E-state index contributed by atoms with van der Waals surface area (Å²) in [5.74, 6) is 0.785. The molecule has 3 aromatic rings. The molecule has 0 bridgehead atoms. The van der Waals surface area contributed by atoms with Crippen LogP contribution in [-0.2, 0) is 24.8 Å². The lowest BCUT2D eigenvalue weighted by molar-refractivity contribution is -0.137. The quantitative estimate of drug-likeness (QED) is 0.595. The summed E-state index contributed by atoms with van der Waals surface area (Å²) < 4.78 is 39.7. The third-order valence-corrected chi connectivity index (χ3v) is 5.68. The number of pyridine rings is 1. The molecule has 1 aliphatic rings. The summed E-state index contributed by atoms with van der Waals surface area (Å²) >= 11 is 1.34. The summed E-state index contributed by atoms with van der Waals surface area (Å²) in [6.45, 7) is 0. The second-order valence-electron chi connectivity index (χ2n) is 6.61. The van der Waals surface area contributed by atoms with Gasteiger partial charge >= 0.3 is 6.18 Å². The first-order valence-electron chi connectivity index (χ1n) is 8.96. The van der Waals surface area contributed by atoms with Crippen molar-refractivity contribution >= 4 is 11.8 Å². The van der Waals surface area contributed by atoms with E-state index < -0.39 is 11.7 Å². The van der Waals surface area contributed by atoms with Crippen LogP contribution < -0.4 is 0 Å². The molecule has 6 nitrogen and oxygen atoms in total. The zero-order valence-corrected chi connectivity index (χ0v) is 16.0. The molecule has 4 rings (SSSR count). The van der Waals surface area contributed by atoms with Crippen LogP contribution in [0.3, 0.4) is 0 Å². The number of fused-ring (bicyclic) bond motifs is 1. The average molecular weight is 416 g/mol. The Morgan fingerprint density at radius 3 is 2.62 bits per heavy atom. The summed E-state index contributed by atoms with van der Waals surface area (Å²) in [4.78, 5) is 4.66. The van der Waals surface area contributed by atoms with Gasteiger partial charge in [-0.1, -0.05) is 11.8 Å². The van der Waals surface area contributed by atoms with Gasteiger partial charge in [0.1, 0.15) is 11.1 Å². The smallest absolute Gasteiger partial charge is 0.245 e. The monoisotopic (exact) mass is 416 g/mol. The molecule has 0 N–H and O–H groups in total. The number of hydrogen-bond donors (Lipinski definition) is 0. The van der Waals surface area contributed by atoms with Crippen molar-refractivity contribution in [3.05, 3.63) is 58.5 Å². The summed E-state index contributed by atoms with van der Waals surface area (Å²) in [6, 6.07) is 8.73. The molecule has 1 aromatic carbocycles. The van der Waals surface area contributed by atoms with Crippen molar-refractivity contribution in [2.75, 3.05) is 0 Å². The van der Waals surface area contributed by atoms with Crippen LogP contribution in [0.1, 0.15) is 41.1 Å². The fraction of sp³-hybridized carbons (Fsp3) is 0.316. The summed E-state index contributed by atoms with van der Waals surface area (Å²) in [5.41, 5.74) is 2.37. The van der Waals surface area contributed by atoms with Gasteiger partial charge in [-0.25, -0.2) is 4.98 Å². The number of alkyl halides is 3. The summed E-state index contributed by atoms with van der Waals surface area (Å²) in [5, 5.41) is 21.6. The maximum atomic E-state index is 12.8. The molecule has 0 spiro atoms. The highest BCUT2D eigenvalue weighted by molar-refractivity contribution is 7.98. The molecule has 0 radical (unpaired) electrons. The Morgan fingerprint density at radius 2 is 1.90 bits per heavy atom. The molecule has 0 aliphatic heterocycles. The van der Waals surface area contributed by atoms with E-state index in [0.717, 1.165) is 49.1 Å². The van der Waals surface area contributed by atoms with E-state index in [4.69, 9.17) is 0 Å². The van der Waals surface area contributed by atoms with Crippen LogP contribution in [0.25, 0.3) is 5.69 Å². The van der Waals surface area contributed by atoms with Gasteiger partial charge in [0, 0.05) is 5.69 Å². The Labute approximate surface area is 168 Å². The van der Waals surface area contributed by atoms with E-state index >= 15 is 0 Å². The van der Waals surface area contributed by atoms with E-state index in [9.17, 15) is 18.4 Å². The van der Waals surface area contributed by atoms with Crippen molar-refractivity contribution in [3.8, 4) is 11.8 Å². The Kier molecular flexibility index (Phi) is 5.24. The van der Waals surface area contributed by atoms with Gasteiger partial charge in [-0.3, -0.25) is 0 Å². The van der Waals surface area contributed by atoms with E-state index in [0.29, 0.717) is 27.9 Å². The molecule has 0 unspecified atom stereocenters. The Morgan fingerprint density at radius 1 is 1.14 bits per heavy atom. The average Bonchev–Trinajstić information content (AvgIpc) is 3.19. The molecule has 2 aromatic heterocycles. The predicted molar refractivity (Wildman–Crippen MR) is 99.3 cm³/mol. The van der Waals surface area contributed by atoms with Crippen molar-refractivity contribution in [3.63, 3.8) is 0 Å². The zero-order chi connectivity index (χ0) is 20.4. The van der Waals surface area contributed by atoms with Crippen molar-refractivity contribution in [2.45, 2.75) is 42.6 Å². The number of halogens is 3. The first-order chi connectivity index (χ1) is 14.0. The molecule has 0 saturated heterocycles. The van der Waals surface area contributed by atoms with Crippen LogP contribution >= 0.6 is 11.8 Å². The maximum absolute atomic E-state index is 12.8. The van der Waals surface area contributed by atoms with E-state index in [1.807, 2.05) is 6.07 Å². The van der Waals surface area contributed by atoms with E-state index in [1.54, 1.807) is 0 Å². The minimum atomic E-state index is -4.40. The molecule has 10 heteroatoms. The minimum Gasteiger partial charge on any atom is -0.245 e. The highest BCUT2D eigenvalue weighted by Gasteiger charge is 2.30. The van der Waals surface area contributed by atoms with Crippen molar-refractivity contribution in [2.24, 2.45) is 0 Å². The molecule has 29 heavy (non-hydrogen) atoms. The molecule has 0 saturated carbocycles. The summed E-state index contributed by atoms with van der Waals surface area (Å²) in [7, 11) is 0. The van der Waals surface area contributed by atoms with Crippen LogP contribution in [0.4, 0.5) is 13.2 Å². The molecule has 2 heterocycles. The van der Waals surface area contributed by atoms with Crippen molar-refractivity contribution in [1.82, 2.24) is 25.2 Å². The van der Waals surface area contributed by atoms with Gasteiger partial charge in [0.05, 0.1) is 22.6 Å². The molecular weight excluding hydrogens is 401 g/mol. The number of nitrogens with zero attached hydrogens (tertiary/aromatic N) is 6. The second kappa shape index (κ2) is 7.83. The fourth-order valence-corrected chi connectivity index (χ4v) is 4.11. The maximum Gasteiger partial charge on any atom is 0.416 e. The standard InChI is InChI=1S/C19H15F3N6S/c20-19(21,22)14-5-7-15(8-6-14)28-17(25-26-27-28)11-29-18-13(10-23)9-12-3-1-2-4-16(12)24-18/h5-9H,1-4,11H2. The van der Waals surface area contributed by atoms with Crippen LogP contribution in [0.5, 0.6) is 0 Å². The molecule has 0 fully saturated rings. The number of aryl methyl sites for hydroxylation is 2. The largest absolute Gasteiger partial charge is 0.416 e. The number of nitriles is 1. The van der Waals surface area contributed by atoms with Crippen LogP contribution in [0.15, 0.2) is 35.4 Å². The lowest BCUT2D eigenvalue weighted by Gasteiger charge is -2.16. The number of benzene rings is 1. The first kappa shape index (κ1) is 19.4. The van der Waals surface area contributed by atoms with Gasteiger partial charge in [-0.05, 0) is 72.0 Å². The van der Waals surface area contributed by atoms with Crippen LogP contribution in [0.2, 0.25) is 0 Å². The lowest BCUT2D eigenvalue weighted by Crippen LogP contribution is -2.08. The zero-order valence-electron chi connectivity index (χ0n) is 15.1. The number of hydrogen-bond acceptors (Lipinski definition) is 6. The first-order valence-corrected chi connectivity index (χ1v) is 9.95. The number of thioether (sulfide) groups is 1. The normalized spacial score (nSPS) is 13.7. The van der Waals surface area contributed by atoms with E-state index in [1.165, 1.54) is 28.6 Å². The van der Waals surface area contributed by atoms with Gasteiger partial charge in [-0.2, -0.15) is 23.1 Å². The molecule has 148 valence electrons. The third-order valence-electron chi connectivity index (χ3n) is 4.70. The van der Waals surface area contributed by atoms with Crippen LogP contribution in [0, 0.1) is 11.3 Å². The summed E-state index contributed by atoms with van der Waals surface area (Å²) in [6.07, 6.45) is -0.369. The highest BCUT2D eigenvalue weighted by atomic mass is 32.2. The Hall–Kier alpha value is -2.93. The molecule has 1 aliphatic carbocycles. The van der Waals surface area contributed by atoms with Crippen molar-refractivity contribution in [1.29, 1.82) is 5.26 Å². The van der Waals surface area contributed by atoms with Crippen LogP contribution in [-0.4, -0.2) is 25.2 Å². The van der Waals surface area contributed by atoms with Gasteiger partial charge in [-0.15, -0.1) is 5.10 Å². The molecular formula is C19H15F3N6S. The van der Waals surface area contributed by atoms with E-state index in [-0.39, 0.29) is 0 Å². The van der Waals surface area contributed by atoms with Crippen molar-refractivity contribution < 1.29 is 13.2 Å². The van der Waals surface area contributed by atoms with Gasteiger partial charge < -0.3 is 0 Å². The second-order valence-corrected chi connectivity index (χ2v) is 7.57. The number of aromatic nitrogens is 5. The highest BCUT2D eigenvalue weighted by Crippen LogP contribution is 2.31.